The Morgan fingerprint density at radius 3 is 2.44 bits per heavy atom. The summed E-state index contributed by atoms with van der Waals surface area (Å²) in [5, 5.41) is 12.0. The number of aliphatic hydroxyl groups is 1. The molecule has 3 N–H and O–H groups in total. The topological polar surface area (TPSA) is 115 Å². The summed E-state index contributed by atoms with van der Waals surface area (Å²) < 4.78 is 50.9. The summed E-state index contributed by atoms with van der Waals surface area (Å²) in [6, 6.07) is 12.1. The Bertz CT molecular complexity index is 1530. The molecule has 1 amide bonds. The van der Waals surface area contributed by atoms with Crippen LogP contribution in [0.15, 0.2) is 52.9 Å². The van der Waals surface area contributed by atoms with Gasteiger partial charge in [0, 0.05) is 29.1 Å². The predicted molar refractivity (Wildman–Crippen MR) is 137 cm³/mol. The summed E-state index contributed by atoms with van der Waals surface area (Å²) in [4.78, 5) is 23.1. The van der Waals surface area contributed by atoms with Gasteiger partial charge in [-0.3, -0.25) is 4.79 Å². The number of carbonyl (C=O) groups is 1. The number of oxazole rings is 1. The van der Waals surface area contributed by atoms with E-state index in [9.17, 15) is 23.1 Å². The van der Waals surface area contributed by atoms with Gasteiger partial charge in [-0.05, 0) is 54.8 Å². The molecule has 12 heteroatoms. The number of aromatic nitrogens is 2. The number of ether oxygens (including phenoxy) is 1. The molecule has 8 nitrogen and oxygen atoms in total. The molecule has 4 aromatic rings. The molecule has 0 aliphatic carbocycles. The number of halogens is 4. The van der Waals surface area contributed by atoms with Crippen molar-refractivity contribution in [1.82, 2.24) is 14.9 Å². The van der Waals surface area contributed by atoms with Crippen molar-refractivity contribution < 1.29 is 32.2 Å². The molecule has 1 saturated heterocycles. The molecule has 0 spiro atoms. The molecule has 1 fully saturated rings. The molecule has 2 aromatic carbocycles. The van der Waals surface area contributed by atoms with Gasteiger partial charge in [-0.1, -0.05) is 23.7 Å². The van der Waals surface area contributed by atoms with Gasteiger partial charge in [0.25, 0.3) is 5.91 Å². The molecule has 0 radical (unpaired) electrons. The second-order valence-electron chi connectivity index (χ2n) is 9.23. The first kappa shape index (κ1) is 26.9. The molecule has 0 saturated carbocycles. The van der Waals surface area contributed by atoms with Crippen molar-refractivity contribution in [2.75, 3.05) is 20.2 Å². The minimum absolute atomic E-state index is 0.00766. The monoisotopic (exact) mass is 560 g/mol. The summed E-state index contributed by atoms with van der Waals surface area (Å²) in [6.07, 6.45) is -4.03. The number of nitrogens with two attached hydrogens (primary N) is 1. The zero-order valence-corrected chi connectivity index (χ0v) is 21.5. The Morgan fingerprint density at radius 2 is 1.82 bits per heavy atom. The van der Waals surface area contributed by atoms with Gasteiger partial charge in [-0.25, -0.2) is 9.97 Å². The molecule has 5 rings (SSSR count). The lowest BCUT2D eigenvalue weighted by Crippen LogP contribution is -2.45. The Kier molecular flexibility index (Phi) is 7.00. The number of amides is 1. The van der Waals surface area contributed by atoms with Gasteiger partial charge in [0.05, 0.1) is 19.3 Å². The molecule has 0 unspecified atom stereocenters. The molecule has 39 heavy (non-hydrogen) atoms. The zero-order valence-electron chi connectivity index (χ0n) is 20.8. The van der Waals surface area contributed by atoms with Crippen molar-refractivity contribution in [3.63, 3.8) is 0 Å². The van der Waals surface area contributed by atoms with Crippen LogP contribution in [-0.4, -0.2) is 46.1 Å². The van der Waals surface area contributed by atoms with Crippen molar-refractivity contribution in [3.05, 3.63) is 76.3 Å². The molecule has 3 heterocycles. The smallest absolute Gasteiger partial charge is 0.433 e. The predicted octanol–water partition coefficient (Wildman–Crippen LogP) is 5.15. The molecular formula is C27H24ClF3N4O4. The SMILES string of the molecule is COc1ccc(-c2nc(C(=O)N3CCC(O)(c4ccc(Cl)cc4)CC3)c(CN)o2)c2ccc(C(F)(F)F)nc12. The van der Waals surface area contributed by atoms with Crippen LogP contribution in [0.3, 0.4) is 0 Å². The van der Waals surface area contributed by atoms with E-state index in [4.69, 9.17) is 26.5 Å². The first-order valence-electron chi connectivity index (χ1n) is 12.1. The van der Waals surface area contributed by atoms with Crippen LogP contribution < -0.4 is 10.5 Å². The third kappa shape index (κ3) is 5.05. The molecule has 0 atom stereocenters. The molecule has 1 aliphatic rings. The fraction of sp³-hybridized carbons (Fsp3) is 0.296. The Morgan fingerprint density at radius 1 is 1.13 bits per heavy atom. The maximum Gasteiger partial charge on any atom is 0.433 e. The first-order chi connectivity index (χ1) is 18.5. The number of nitrogens with zero attached hydrogens (tertiary/aromatic N) is 3. The van der Waals surface area contributed by atoms with Gasteiger partial charge in [0.2, 0.25) is 5.89 Å². The first-order valence-corrected chi connectivity index (χ1v) is 12.4. The van der Waals surface area contributed by atoms with E-state index in [0.717, 1.165) is 11.6 Å². The average molecular weight is 561 g/mol. The van der Waals surface area contributed by atoms with Crippen LogP contribution in [0, 0.1) is 0 Å². The lowest BCUT2D eigenvalue weighted by Gasteiger charge is -2.38. The maximum absolute atomic E-state index is 13.4. The fourth-order valence-corrected chi connectivity index (χ4v) is 4.88. The van der Waals surface area contributed by atoms with Crippen LogP contribution in [0.5, 0.6) is 5.75 Å². The second-order valence-corrected chi connectivity index (χ2v) is 9.67. The van der Waals surface area contributed by atoms with Crippen molar-refractivity contribution in [2.24, 2.45) is 5.73 Å². The van der Waals surface area contributed by atoms with Crippen molar-refractivity contribution in [1.29, 1.82) is 0 Å². The molecule has 1 aliphatic heterocycles. The molecular weight excluding hydrogens is 537 g/mol. The van der Waals surface area contributed by atoms with E-state index in [0.29, 0.717) is 28.8 Å². The largest absolute Gasteiger partial charge is 0.494 e. The summed E-state index contributed by atoms with van der Waals surface area (Å²) in [5.41, 5.74) is 4.72. The number of benzene rings is 2. The van der Waals surface area contributed by atoms with E-state index in [-0.39, 0.29) is 48.2 Å². The van der Waals surface area contributed by atoms with E-state index < -0.39 is 23.4 Å². The van der Waals surface area contributed by atoms with Gasteiger partial charge in [-0.15, -0.1) is 0 Å². The highest BCUT2D eigenvalue weighted by atomic mass is 35.5. The summed E-state index contributed by atoms with van der Waals surface area (Å²) in [5.74, 6) is -0.123. The number of carbonyl (C=O) groups excluding carboxylic acids is 1. The lowest BCUT2D eigenvalue weighted by atomic mass is 9.84. The number of methoxy groups -OCH3 is 1. The Balaban J connectivity index is 1.44. The number of hydrogen-bond donors (Lipinski definition) is 2. The minimum Gasteiger partial charge on any atom is -0.494 e. The van der Waals surface area contributed by atoms with Gasteiger partial charge < -0.3 is 24.9 Å². The third-order valence-electron chi connectivity index (χ3n) is 6.91. The van der Waals surface area contributed by atoms with Crippen LogP contribution in [0.2, 0.25) is 5.02 Å². The number of likely N-dealkylation sites (tertiary alicyclic amines) is 1. The highest BCUT2D eigenvalue weighted by Gasteiger charge is 2.37. The van der Waals surface area contributed by atoms with E-state index >= 15 is 0 Å². The highest BCUT2D eigenvalue weighted by molar-refractivity contribution is 6.30. The minimum atomic E-state index is -4.64. The number of alkyl halides is 3. The van der Waals surface area contributed by atoms with Gasteiger partial charge >= 0.3 is 6.18 Å². The summed E-state index contributed by atoms with van der Waals surface area (Å²) >= 11 is 5.96. The highest BCUT2D eigenvalue weighted by Crippen LogP contribution is 2.38. The molecule has 0 bridgehead atoms. The quantitative estimate of drug-likeness (QED) is 0.347. The average Bonchev–Trinajstić information content (AvgIpc) is 3.36. The number of piperidine rings is 1. The fourth-order valence-electron chi connectivity index (χ4n) is 4.75. The van der Waals surface area contributed by atoms with Gasteiger partial charge in [0.1, 0.15) is 17.0 Å². The summed E-state index contributed by atoms with van der Waals surface area (Å²) in [7, 11) is 1.33. The Hall–Kier alpha value is -3.67. The number of hydrogen-bond acceptors (Lipinski definition) is 7. The summed E-state index contributed by atoms with van der Waals surface area (Å²) in [6.45, 7) is 0.403. The number of pyridine rings is 1. The van der Waals surface area contributed by atoms with Crippen LogP contribution in [0.25, 0.3) is 22.4 Å². The van der Waals surface area contributed by atoms with Crippen molar-refractivity contribution in [2.45, 2.75) is 31.2 Å². The standard InChI is InChI=1S/C27H24ClF3N4O4/c1-38-19-8-6-18(17-7-9-21(27(29,30)31)33-22(17)19)24-34-23(20(14-32)39-24)25(36)35-12-10-26(37,11-13-35)15-2-4-16(28)5-3-15/h2-9,37H,10-14,32H2,1H3. The van der Waals surface area contributed by atoms with E-state index in [1.54, 1.807) is 35.2 Å². The maximum atomic E-state index is 13.4. The van der Waals surface area contributed by atoms with Gasteiger partial charge in [-0.2, -0.15) is 13.2 Å². The van der Waals surface area contributed by atoms with Crippen LogP contribution in [0.4, 0.5) is 13.2 Å². The van der Waals surface area contributed by atoms with Crippen LogP contribution in [-0.2, 0) is 18.3 Å². The molecule has 204 valence electrons. The van der Waals surface area contributed by atoms with E-state index in [1.165, 1.54) is 19.2 Å². The van der Waals surface area contributed by atoms with Crippen LogP contribution in [0.1, 0.15) is 40.3 Å². The normalized spacial score (nSPS) is 15.5. The van der Waals surface area contributed by atoms with E-state index in [2.05, 4.69) is 9.97 Å². The second kappa shape index (κ2) is 10.1. The van der Waals surface area contributed by atoms with Crippen molar-refractivity contribution >= 4 is 28.4 Å². The van der Waals surface area contributed by atoms with Crippen molar-refractivity contribution in [3.8, 4) is 17.2 Å². The number of rotatable bonds is 5. The van der Waals surface area contributed by atoms with Crippen LogP contribution >= 0.6 is 11.6 Å². The number of fused-ring (bicyclic) bond motifs is 1. The van der Waals surface area contributed by atoms with E-state index in [1.807, 2.05) is 0 Å². The Labute approximate surface area is 226 Å². The zero-order chi connectivity index (χ0) is 27.9. The van der Waals surface area contributed by atoms with Gasteiger partial charge in [0.15, 0.2) is 11.5 Å². The lowest BCUT2D eigenvalue weighted by molar-refractivity contribution is -0.140. The molecule has 2 aromatic heterocycles. The third-order valence-corrected chi connectivity index (χ3v) is 7.16.